The standard InChI is InChI=1S/C24H27N3O3/c1-17-15-18(2)27(26-17)20-12-10-19(11-13-20)24(28)25-22-8-3-4-9-23(22)30-16-21-7-5-6-14-29-21/h3-4,8-13,15,21H,5-7,14,16H2,1-2H3,(H,25,28). The Morgan fingerprint density at radius 3 is 2.67 bits per heavy atom. The molecule has 1 aliphatic rings. The monoisotopic (exact) mass is 405 g/mol. The zero-order valence-electron chi connectivity index (χ0n) is 17.4. The molecule has 6 nitrogen and oxygen atoms in total. The first-order valence-corrected chi connectivity index (χ1v) is 10.4. The van der Waals surface area contributed by atoms with Gasteiger partial charge < -0.3 is 14.8 Å². The zero-order valence-corrected chi connectivity index (χ0v) is 17.4. The summed E-state index contributed by atoms with van der Waals surface area (Å²) in [6.45, 7) is 5.26. The highest BCUT2D eigenvalue weighted by Gasteiger charge is 2.16. The van der Waals surface area contributed by atoms with Crippen LogP contribution in [0, 0.1) is 13.8 Å². The van der Waals surface area contributed by atoms with Crippen LogP contribution in [0.15, 0.2) is 54.6 Å². The topological polar surface area (TPSA) is 65.4 Å². The van der Waals surface area contributed by atoms with Gasteiger partial charge in [0.25, 0.3) is 5.91 Å². The highest BCUT2D eigenvalue weighted by molar-refractivity contribution is 6.05. The van der Waals surface area contributed by atoms with Gasteiger partial charge in [-0.15, -0.1) is 0 Å². The van der Waals surface area contributed by atoms with Crippen molar-refractivity contribution in [3.05, 3.63) is 71.5 Å². The first-order chi connectivity index (χ1) is 14.6. The quantitative estimate of drug-likeness (QED) is 0.646. The summed E-state index contributed by atoms with van der Waals surface area (Å²) in [5.74, 6) is 0.471. The van der Waals surface area contributed by atoms with Gasteiger partial charge in [0.2, 0.25) is 0 Å². The van der Waals surface area contributed by atoms with Gasteiger partial charge in [0.1, 0.15) is 12.4 Å². The number of anilines is 1. The Labute approximate surface area is 176 Å². The fourth-order valence-corrected chi connectivity index (χ4v) is 3.66. The molecule has 1 N–H and O–H groups in total. The Morgan fingerprint density at radius 1 is 1.17 bits per heavy atom. The molecule has 30 heavy (non-hydrogen) atoms. The molecule has 0 aliphatic carbocycles. The molecule has 3 aromatic rings. The molecule has 1 fully saturated rings. The number of amides is 1. The van der Waals surface area contributed by atoms with Gasteiger partial charge in [-0.2, -0.15) is 5.10 Å². The minimum atomic E-state index is -0.181. The van der Waals surface area contributed by atoms with Crippen LogP contribution in [0.1, 0.15) is 41.0 Å². The SMILES string of the molecule is Cc1cc(C)n(-c2ccc(C(=O)Nc3ccccc3OCC3CCCCO3)cc2)n1. The van der Waals surface area contributed by atoms with Gasteiger partial charge in [0, 0.05) is 17.9 Å². The minimum absolute atomic E-state index is 0.115. The van der Waals surface area contributed by atoms with E-state index in [1.807, 2.05) is 61.0 Å². The summed E-state index contributed by atoms with van der Waals surface area (Å²) < 4.78 is 13.6. The maximum atomic E-state index is 12.8. The van der Waals surface area contributed by atoms with Gasteiger partial charge in [0.15, 0.2) is 0 Å². The van der Waals surface area contributed by atoms with E-state index in [0.29, 0.717) is 23.6 Å². The summed E-state index contributed by atoms with van der Waals surface area (Å²) in [6.07, 6.45) is 3.40. The molecule has 156 valence electrons. The van der Waals surface area contributed by atoms with Crippen LogP contribution < -0.4 is 10.1 Å². The smallest absolute Gasteiger partial charge is 0.255 e. The van der Waals surface area contributed by atoms with E-state index in [9.17, 15) is 4.79 Å². The summed E-state index contributed by atoms with van der Waals surface area (Å²) in [7, 11) is 0. The number of aryl methyl sites for hydroxylation is 2. The van der Waals surface area contributed by atoms with Gasteiger partial charge in [-0.25, -0.2) is 4.68 Å². The Hall–Kier alpha value is -3.12. The molecule has 2 heterocycles. The van der Waals surface area contributed by atoms with E-state index in [1.54, 1.807) is 12.1 Å². The van der Waals surface area contributed by atoms with E-state index < -0.39 is 0 Å². The first-order valence-electron chi connectivity index (χ1n) is 10.4. The number of hydrogen-bond acceptors (Lipinski definition) is 4. The van der Waals surface area contributed by atoms with Gasteiger partial charge in [-0.1, -0.05) is 12.1 Å². The number of nitrogens with zero attached hydrogens (tertiary/aromatic N) is 2. The molecule has 1 unspecified atom stereocenters. The number of benzene rings is 2. The maximum absolute atomic E-state index is 12.8. The molecular formula is C24H27N3O3. The van der Waals surface area contributed by atoms with Crippen LogP contribution in [0.25, 0.3) is 5.69 Å². The summed E-state index contributed by atoms with van der Waals surface area (Å²) >= 11 is 0. The first kappa shape index (κ1) is 20.2. The fraction of sp³-hybridized carbons (Fsp3) is 0.333. The van der Waals surface area contributed by atoms with E-state index in [1.165, 1.54) is 6.42 Å². The van der Waals surface area contributed by atoms with E-state index >= 15 is 0 Å². The number of aromatic nitrogens is 2. The Morgan fingerprint density at radius 2 is 1.97 bits per heavy atom. The van der Waals surface area contributed by atoms with Crippen molar-refractivity contribution < 1.29 is 14.3 Å². The number of para-hydroxylation sites is 2. The highest BCUT2D eigenvalue weighted by atomic mass is 16.5. The largest absolute Gasteiger partial charge is 0.489 e. The van der Waals surface area contributed by atoms with Crippen LogP contribution >= 0.6 is 0 Å². The van der Waals surface area contributed by atoms with E-state index in [2.05, 4.69) is 10.4 Å². The second-order valence-electron chi connectivity index (χ2n) is 7.64. The number of ether oxygens (including phenoxy) is 2. The zero-order chi connectivity index (χ0) is 20.9. The minimum Gasteiger partial charge on any atom is -0.489 e. The van der Waals surface area contributed by atoms with Crippen LogP contribution in [-0.4, -0.2) is 35.0 Å². The number of nitrogens with one attached hydrogen (secondary N) is 1. The molecule has 6 heteroatoms. The van der Waals surface area contributed by atoms with Crippen LogP contribution in [-0.2, 0) is 4.74 Å². The van der Waals surface area contributed by atoms with Crippen molar-refractivity contribution in [3.63, 3.8) is 0 Å². The van der Waals surface area contributed by atoms with Gasteiger partial charge in [-0.05, 0) is 75.6 Å². The third-order valence-electron chi connectivity index (χ3n) is 5.22. The third-order valence-corrected chi connectivity index (χ3v) is 5.22. The lowest BCUT2D eigenvalue weighted by Gasteiger charge is -2.23. The molecule has 1 aromatic heterocycles. The molecule has 1 saturated heterocycles. The molecule has 1 atom stereocenters. The average Bonchev–Trinajstić information content (AvgIpc) is 3.12. The molecule has 0 bridgehead atoms. The number of carbonyl (C=O) groups excluding carboxylic acids is 1. The lowest BCUT2D eigenvalue weighted by Crippen LogP contribution is -2.26. The highest BCUT2D eigenvalue weighted by Crippen LogP contribution is 2.26. The lowest BCUT2D eigenvalue weighted by molar-refractivity contribution is -0.0109. The Kier molecular flexibility index (Phi) is 6.14. The second kappa shape index (κ2) is 9.13. The van der Waals surface area contributed by atoms with Crippen LogP contribution in [0.5, 0.6) is 5.75 Å². The average molecular weight is 405 g/mol. The van der Waals surface area contributed by atoms with E-state index in [4.69, 9.17) is 9.47 Å². The van der Waals surface area contributed by atoms with Crippen molar-refractivity contribution >= 4 is 11.6 Å². The predicted molar refractivity (Wildman–Crippen MR) is 117 cm³/mol. The molecule has 1 amide bonds. The van der Waals surface area contributed by atoms with Crippen molar-refractivity contribution in [1.29, 1.82) is 0 Å². The fourth-order valence-electron chi connectivity index (χ4n) is 3.66. The maximum Gasteiger partial charge on any atom is 0.255 e. The Bertz CT molecular complexity index is 1000. The van der Waals surface area contributed by atoms with Gasteiger partial charge >= 0.3 is 0 Å². The number of rotatable bonds is 6. The van der Waals surface area contributed by atoms with Crippen LogP contribution in [0.2, 0.25) is 0 Å². The second-order valence-corrected chi connectivity index (χ2v) is 7.64. The van der Waals surface area contributed by atoms with Gasteiger partial charge in [-0.3, -0.25) is 4.79 Å². The van der Waals surface area contributed by atoms with Crippen molar-refractivity contribution in [2.75, 3.05) is 18.5 Å². The van der Waals surface area contributed by atoms with Crippen molar-refractivity contribution in [1.82, 2.24) is 9.78 Å². The molecule has 4 rings (SSSR count). The Balaban J connectivity index is 1.43. The van der Waals surface area contributed by atoms with E-state index in [0.717, 1.165) is 36.5 Å². The van der Waals surface area contributed by atoms with Crippen LogP contribution in [0.3, 0.4) is 0 Å². The third kappa shape index (κ3) is 4.71. The van der Waals surface area contributed by atoms with Crippen LogP contribution in [0.4, 0.5) is 5.69 Å². The molecule has 0 radical (unpaired) electrons. The summed E-state index contributed by atoms with van der Waals surface area (Å²) in [5, 5.41) is 7.44. The van der Waals surface area contributed by atoms with Crippen molar-refractivity contribution in [3.8, 4) is 11.4 Å². The summed E-state index contributed by atoms with van der Waals surface area (Å²) in [6, 6.07) is 16.9. The number of carbonyl (C=O) groups is 1. The lowest BCUT2D eigenvalue weighted by atomic mass is 10.1. The normalized spacial score (nSPS) is 16.3. The van der Waals surface area contributed by atoms with Crippen molar-refractivity contribution in [2.45, 2.75) is 39.2 Å². The predicted octanol–water partition coefficient (Wildman–Crippen LogP) is 4.69. The molecule has 0 spiro atoms. The molecule has 2 aromatic carbocycles. The summed E-state index contributed by atoms with van der Waals surface area (Å²) in [5.41, 5.74) is 4.17. The van der Waals surface area contributed by atoms with Crippen molar-refractivity contribution in [2.24, 2.45) is 0 Å². The summed E-state index contributed by atoms with van der Waals surface area (Å²) in [4.78, 5) is 12.8. The van der Waals surface area contributed by atoms with Gasteiger partial charge in [0.05, 0.1) is 23.2 Å². The molecule has 0 saturated carbocycles. The molecule has 1 aliphatic heterocycles. The van der Waals surface area contributed by atoms with E-state index in [-0.39, 0.29) is 12.0 Å². The molecular weight excluding hydrogens is 378 g/mol. The number of hydrogen-bond donors (Lipinski definition) is 1.